The average molecular weight is 584 g/mol. The highest BCUT2D eigenvalue weighted by molar-refractivity contribution is 7.92. The van der Waals surface area contributed by atoms with Gasteiger partial charge in [0.1, 0.15) is 17.1 Å². The van der Waals surface area contributed by atoms with E-state index in [0.29, 0.717) is 36.5 Å². The molecule has 0 bridgehead atoms. The highest BCUT2D eigenvalue weighted by Crippen LogP contribution is 2.29. The molecule has 0 saturated heterocycles. The lowest BCUT2D eigenvalue weighted by Crippen LogP contribution is -2.33. The second kappa shape index (κ2) is 13.5. The van der Waals surface area contributed by atoms with Gasteiger partial charge in [0.05, 0.1) is 28.9 Å². The average Bonchev–Trinajstić information content (AvgIpc) is 2.77. The number of methoxy groups -OCH3 is 1. The number of nitrogens with zero attached hydrogens (tertiary/aromatic N) is 2. The van der Waals surface area contributed by atoms with Crippen LogP contribution in [0.2, 0.25) is 5.02 Å². The number of carbonyl (C=O) groups is 2. The Balaban J connectivity index is 0.000000905. The van der Waals surface area contributed by atoms with Crippen LogP contribution in [0.25, 0.3) is 0 Å². The number of nitrogens with one attached hydrogen (secondary N) is 1. The molecular weight excluding hydrogens is 555 g/mol. The summed E-state index contributed by atoms with van der Waals surface area (Å²) in [6.45, 7) is 9.40. The fraction of sp³-hybridized carbons (Fsp3) is 0.435. The zero-order chi connectivity index (χ0) is 29.4. The first kappa shape index (κ1) is 32.8. The van der Waals surface area contributed by atoms with Gasteiger partial charge in [0.25, 0.3) is 10.0 Å². The molecule has 0 spiro atoms. The SMILES string of the molecule is COc1ccc(S(=O)(=O)Nc2cnc(N(CC(C)C)CC(C)C)c(C(=O)O)c2)cc1Cl.O=C(O)C(F)(F)F. The van der Waals surface area contributed by atoms with E-state index in [0.717, 1.165) is 0 Å². The van der Waals surface area contributed by atoms with Crippen LogP contribution in [-0.2, 0) is 14.8 Å². The van der Waals surface area contributed by atoms with E-state index in [1.807, 2.05) is 32.6 Å². The van der Waals surface area contributed by atoms with Crippen LogP contribution in [0.15, 0.2) is 35.4 Å². The van der Waals surface area contributed by atoms with E-state index < -0.39 is 28.1 Å². The predicted molar refractivity (Wildman–Crippen MR) is 136 cm³/mol. The molecule has 212 valence electrons. The second-order valence-electron chi connectivity index (χ2n) is 8.80. The lowest BCUT2D eigenvalue weighted by molar-refractivity contribution is -0.192. The lowest BCUT2D eigenvalue weighted by atomic mass is 10.1. The highest BCUT2D eigenvalue weighted by atomic mass is 35.5. The minimum atomic E-state index is -5.08. The Bertz CT molecular complexity index is 1230. The van der Waals surface area contributed by atoms with Crippen LogP contribution in [0.5, 0.6) is 5.75 Å². The number of benzene rings is 1. The van der Waals surface area contributed by atoms with Gasteiger partial charge >= 0.3 is 18.1 Å². The summed E-state index contributed by atoms with van der Waals surface area (Å²) in [6.07, 6.45) is -3.77. The van der Waals surface area contributed by atoms with Gasteiger partial charge in [0, 0.05) is 13.1 Å². The Morgan fingerprint density at radius 1 is 1.11 bits per heavy atom. The van der Waals surface area contributed by atoms with E-state index in [9.17, 15) is 31.5 Å². The fourth-order valence-electron chi connectivity index (χ4n) is 3.08. The number of ether oxygens (including phenoxy) is 1. The molecule has 2 aromatic rings. The number of sulfonamides is 1. The molecule has 1 heterocycles. The van der Waals surface area contributed by atoms with Crippen LogP contribution in [0.4, 0.5) is 24.7 Å². The van der Waals surface area contributed by atoms with E-state index in [1.165, 1.54) is 37.6 Å². The van der Waals surface area contributed by atoms with E-state index in [1.54, 1.807) is 0 Å². The van der Waals surface area contributed by atoms with Crippen LogP contribution in [0.1, 0.15) is 38.1 Å². The van der Waals surface area contributed by atoms with Gasteiger partial charge in [0.2, 0.25) is 0 Å². The third kappa shape index (κ3) is 9.89. The smallest absolute Gasteiger partial charge is 0.490 e. The number of aliphatic carboxylic acids is 1. The maximum absolute atomic E-state index is 12.7. The number of aromatic nitrogens is 1. The van der Waals surface area contributed by atoms with Crippen molar-refractivity contribution in [3.05, 3.63) is 41.0 Å². The molecule has 1 aromatic carbocycles. The molecule has 0 fully saturated rings. The molecule has 2 rings (SSSR count). The molecule has 3 N–H and O–H groups in total. The van der Waals surface area contributed by atoms with Gasteiger partial charge in [-0.15, -0.1) is 0 Å². The monoisotopic (exact) mass is 583 g/mol. The van der Waals surface area contributed by atoms with Gasteiger partial charge in [0.15, 0.2) is 0 Å². The topological polar surface area (TPSA) is 146 Å². The maximum Gasteiger partial charge on any atom is 0.490 e. The molecule has 0 unspecified atom stereocenters. The molecule has 38 heavy (non-hydrogen) atoms. The highest BCUT2D eigenvalue weighted by Gasteiger charge is 2.38. The molecule has 0 aliphatic carbocycles. The van der Waals surface area contributed by atoms with Crippen molar-refractivity contribution in [2.45, 2.75) is 38.8 Å². The summed E-state index contributed by atoms with van der Waals surface area (Å²) in [5, 5.41) is 17.0. The van der Waals surface area contributed by atoms with E-state index in [2.05, 4.69) is 9.71 Å². The zero-order valence-electron chi connectivity index (χ0n) is 21.2. The Labute approximate surface area is 223 Å². The Morgan fingerprint density at radius 3 is 2.03 bits per heavy atom. The van der Waals surface area contributed by atoms with Crippen molar-refractivity contribution in [2.24, 2.45) is 11.8 Å². The van der Waals surface area contributed by atoms with Gasteiger partial charge in [-0.3, -0.25) is 4.72 Å². The number of rotatable bonds is 10. The number of alkyl halides is 3. The number of pyridine rings is 1. The summed E-state index contributed by atoms with van der Waals surface area (Å²) >= 11 is 6.03. The largest absolute Gasteiger partial charge is 0.495 e. The van der Waals surface area contributed by atoms with Crippen molar-refractivity contribution < 1.29 is 46.1 Å². The Kier molecular flexibility index (Phi) is 11.7. The zero-order valence-corrected chi connectivity index (χ0v) is 22.8. The summed E-state index contributed by atoms with van der Waals surface area (Å²) in [6, 6.07) is 5.33. The van der Waals surface area contributed by atoms with Crippen molar-refractivity contribution in [1.29, 1.82) is 0 Å². The van der Waals surface area contributed by atoms with E-state index in [-0.39, 0.29) is 21.2 Å². The predicted octanol–water partition coefficient (Wildman–Crippen LogP) is 4.99. The Morgan fingerprint density at radius 2 is 1.63 bits per heavy atom. The van der Waals surface area contributed by atoms with Crippen LogP contribution in [0, 0.1) is 11.8 Å². The molecule has 1 aromatic heterocycles. The normalized spacial score (nSPS) is 11.6. The molecule has 0 atom stereocenters. The van der Waals surface area contributed by atoms with Gasteiger partial charge in [-0.2, -0.15) is 13.2 Å². The maximum atomic E-state index is 12.7. The number of hydrogen-bond acceptors (Lipinski definition) is 7. The molecule has 0 saturated carbocycles. The van der Waals surface area contributed by atoms with Crippen LogP contribution < -0.4 is 14.4 Å². The van der Waals surface area contributed by atoms with E-state index in [4.69, 9.17) is 26.2 Å². The number of aromatic carboxylic acids is 1. The van der Waals surface area contributed by atoms with Crippen molar-refractivity contribution in [1.82, 2.24) is 4.98 Å². The molecule has 10 nitrogen and oxygen atoms in total. The Hall–Kier alpha value is -3.26. The fourth-order valence-corrected chi connectivity index (χ4v) is 4.46. The summed E-state index contributed by atoms with van der Waals surface area (Å²) in [7, 11) is -2.58. The van der Waals surface area contributed by atoms with Gasteiger partial charge in [-0.25, -0.2) is 23.0 Å². The second-order valence-corrected chi connectivity index (χ2v) is 10.9. The number of carboxylic acids is 2. The molecule has 0 amide bonds. The van der Waals surface area contributed by atoms with Crippen molar-refractivity contribution in [2.75, 3.05) is 29.8 Å². The molecular formula is C23H29ClF3N3O7S. The van der Waals surface area contributed by atoms with Gasteiger partial charge in [-0.1, -0.05) is 39.3 Å². The molecule has 0 aliphatic rings. The number of anilines is 2. The third-order valence-electron chi connectivity index (χ3n) is 4.50. The molecule has 0 aliphatic heterocycles. The van der Waals surface area contributed by atoms with Crippen molar-refractivity contribution in [3.63, 3.8) is 0 Å². The van der Waals surface area contributed by atoms with Crippen LogP contribution in [0.3, 0.4) is 0 Å². The van der Waals surface area contributed by atoms with Gasteiger partial charge in [-0.05, 0) is 36.1 Å². The van der Waals surface area contributed by atoms with Crippen molar-refractivity contribution in [3.8, 4) is 5.75 Å². The minimum absolute atomic E-state index is 0.0436. The first-order valence-electron chi connectivity index (χ1n) is 11.0. The summed E-state index contributed by atoms with van der Waals surface area (Å²) in [5.74, 6) is -2.71. The molecule has 0 radical (unpaired) electrons. The van der Waals surface area contributed by atoms with Crippen molar-refractivity contribution >= 4 is 45.1 Å². The van der Waals surface area contributed by atoms with Crippen LogP contribution in [-0.4, -0.2) is 61.9 Å². The summed E-state index contributed by atoms with van der Waals surface area (Å²) < 4.78 is 64.6. The first-order valence-corrected chi connectivity index (χ1v) is 12.9. The number of hydrogen-bond donors (Lipinski definition) is 3. The minimum Gasteiger partial charge on any atom is -0.495 e. The number of carboxylic acid groups (broad SMARTS) is 2. The summed E-state index contributed by atoms with van der Waals surface area (Å²) in [4.78, 5) is 27.0. The molecule has 15 heteroatoms. The first-order chi connectivity index (χ1) is 17.4. The summed E-state index contributed by atoms with van der Waals surface area (Å²) in [5.41, 5.74) is -0.0311. The third-order valence-corrected chi connectivity index (χ3v) is 6.17. The van der Waals surface area contributed by atoms with E-state index >= 15 is 0 Å². The lowest BCUT2D eigenvalue weighted by Gasteiger charge is -2.28. The number of halogens is 4. The van der Waals surface area contributed by atoms with Gasteiger partial charge < -0.3 is 19.8 Å². The standard InChI is InChI=1S/C21H28ClN3O5S.C2HF3O2/c1-13(2)11-25(12-14(3)4)20-17(21(26)27)8-15(10-23-20)24-31(28,29)16-6-7-19(30-5)18(22)9-16;3-2(4,5)1(6)7/h6-10,13-14,24H,11-12H2,1-5H3,(H,26,27);(H,6,7). The van der Waals surface area contributed by atoms with Crippen LogP contribution >= 0.6 is 11.6 Å². The quantitative estimate of drug-likeness (QED) is 0.352.